The molecule has 0 aliphatic heterocycles. The lowest BCUT2D eigenvalue weighted by atomic mass is 10.2. The zero-order chi connectivity index (χ0) is 14.0. The summed E-state index contributed by atoms with van der Waals surface area (Å²) in [5, 5.41) is 16.3. The van der Waals surface area contributed by atoms with Gasteiger partial charge in [0.05, 0.1) is 0 Å². The second-order valence-electron chi connectivity index (χ2n) is 3.90. The Kier molecular flexibility index (Phi) is 8.18. The van der Waals surface area contributed by atoms with Gasteiger partial charge in [-0.25, -0.2) is 0 Å². The minimum atomic E-state index is -0.870. The summed E-state index contributed by atoms with van der Waals surface area (Å²) in [4.78, 5) is 23.9. The first kappa shape index (κ1) is 16.1. The van der Waals surface area contributed by atoms with Crippen LogP contribution in [0.5, 0.6) is 0 Å². The van der Waals surface area contributed by atoms with Gasteiger partial charge in [0, 0.05) is 24.7 Å². The number of hydrogen-bond donors (Lipinski definition) is 2. The summed E-state index contributed by atoms with van der Waals surface area (Å²) in [6, 6.07) is 4.00. The molecule has 5 heteroatoms. The van der Waals surface area contributed by atoms with Crippen molar-refractivity contribution in [1.29, 1.82) is 0 Å². The lowest BCUT2D eigenvalue weighted by Gasteiger charge is -1.92. The molecular formula is C13H19NO4. The zero-order valence-corrected chi connectivity index (χ0v) is 10.7. The normalized spacial score (nSPS) is 9.22. The van der Waals surface area contributed by atoms with Crippen molar-refractivity contribution >= 4 is 11.9 Å². The van der Waals surface area contributed by atoms with Gasteiger partial charge in [0.15, 0.2) is 0 Å². The van der Waals surface area contributed by atoms with Crippen LogP contribution in [0.3, 0.4) is 0 Å². The van der Waals surface area contributed by atoms with Gasteiger partial charge in [-0.1, -0.05) is 6.07 Å². The predicted molar refractivity (Wildman–Crippen MR) is 67.5 cm³/mol. The summed E-state index contributed by atoms with van der Waals surface area (Å²) < 4.78 is 0. The molecule has 0 aliphatic rings. The quantitative estimate of drug-likeness (QED) is 0.787. The van der Waals surface area contributed by atoms with E-state index in [0.717, 1.165) is 5.69 Å². The molecule has 1 heterocycles. The lowest BCUT2D eigenvalue weighted by molar-refractivity contribution is -0.139. The van der Waals surface area contributed by atoms with E-state index in [2.05, 4.69) is 18.0 Å². The largest absolute Gasteiger partial charge is 0.481 e. The Labute approximate surface area is 106 Å². The van der Waals surface area contributed by atoms with Crippen molar-refractivity contribution in [2.75, 3.05) is 0 Å². The van der Waals surface area contributed by atoms with Gasteiger partial charge in [-0.2, -0.15) is 0 Å². The Morgan fingerprint density at radius 2 is 1.61 bits per heavy atom. The van der Waals surface area contributed by atoms with Gasteiger partial charge in [0.1, 0.15) is 0 Å². The van der Waals surface area contributed by atoms with E-state index in [-0.39, 0.29) is 12.8 Å². The zero-order valence-electron chi connectivity index (χ0n) is 10.7. The number of nitrogens with zero attached hydrogens (tertiary/aromatic N) is 1. The molecule has 0 radical (unpaired) electrons. The third kappa shape index (κ3) is 9.33. The first-order chi connectivity index (χ1) is 8.43. The molecule has 1 aromatic rings. The first-order valence-corrected chi connectivity index (χ1v) is 5.75. The van der Waals surface area contributed by atoms with Gasteiger partial charge >= 0.3 is 11.9 Å². The van der Waals surface area contributed by atoms with Crippen LogP contribution in [0.2, 0.25) is 0 Å². The van der Waals surface area contributed by atoms with Crippen molar-refractivity contribution in [3.05, 3.63) is 29.6 Å². The van der Waals surface area contributed by atoms with Crippen molar-refractivity contribution in [2.24, 2.45) is 0 Å². The number of rotatable bonds is 5. The highest BCUT2D eigenvalue weighted by atomic mass is 16.4. The number of aromatic nitrogens is 1. The molecule has 0 unspecified atom stereocenters. The first-order valence-electron chi connectivity index (χ1n) is 5.75. The van der Waals surface area contributed by atoms with Gasteiger partial charge in [-0.15, -0.1) is 0 Å². The van der Waals surface area contributed by atoms with Gasteiger partial charge in [0.25, 0.3) is 0 Å². The Morgan fingerprint density at radius 1 is 1.11 bits per heavy atom. The number of pyridine rings is 1. The fraction of sp³-hybridized carbons (Fsp3) is 0.462. The van der Waals surface area contributed by atoms with Gasteiger partial charge in [-0.3, -0.25) is 14.6 Å². The standard InChI is InChI=1S/C7H9N.C6H10O4/c1-6-4-3-5-8-7(6)2;7-5(8)3-1-2-4-6(9)10/h3-5H,1-2H3;1-4H2,(H,7,8)(H,9,10). The highest BCUT2D eigenvalue weighted by Crippen LogP contribution is 1.99. The Hall–Kier alpha value is -1.91. The van der Waals surface area contributed by atoms with E-state index in [1.165, 1.54) is 5.56 Å². The maximum absolute atomic E-state index is 9.90. The third-order valence-electron chi connectivity index (χ3n) is 2.30. The van der Waals surface area contributed by atoms with Crippen LogP contribution in [0.25, 0.3) is 0 Å². The molecule has 100 valence electrons. The summed E-state index contributed by atoms with van der Waals surface area (Å²) >= 11 is 0. The molecule has 0 saturated heterocycles. The van der Waals surface area contributed by atoms with Crippen molar-refractivity contribution in [2.45, 2.75) is 39.5 Å². The summed E-state index contributed by atoms with van der Waals surface area (Å²) in [6.07, 6.45) is 2.83. The average Bonchev–Trinajstić information content (AvgIpc) is 2.29. The number of carboxylic acids is 2. The van der Waals surface area contributed by atoms with E-state index in [0.29, 0.717) is 12.8 Å². The molecule has 2 N–H and O–H groups in total. The molecule has 0 aliphatic carbocycles. The van der Waals surface area contributed by atoms with Crippen molar-refractivity contribution in [3.63, 3.8) is 0 Å². The number of hydrogen-bond acceptors (Lipinski definition) is 3. The topological polar surface area (TPSA) is 87.5 Å². The SMILES string of the molecule is Cc1cccnc1C.O=C(O)CCCCC(=O)O. The summed E-state index contributed by atoms with van der Waals surface area (Å²) in [7, 11) is 0. The van der Waals surface area contributed by atoms with Crippen molar-refractivity contribution in [1.82, 2.24) is 4.98 Å². The maximum Gasteiger partial charge on any atom is 0.303 e. The van der Waals surface area contributed by atoms with E-state index in [1.54, 1.807) is 0 Å². The van der Waals surface area contributed by atoms with Crippen LogP contribution in [-0.4, -0.2) is 27.1 Å². The van der Waals surface area contributed by atoms with E-state index < -0.39 is 11.9 Å². The van der Waals surface area contributed by atoms with Gasteiger partial charge in [-0.05, 0) is 38.3 Å². The van der Waals surface area contributed by atoms with Crippen LogP contribution in [-0.2, 0) is 9.59 Å². The second kappa shape index (κ2) is 9.15. The molecular weight excluding hydrogens is 234 g/mol. The summed E-state index contributed by atoms with van der Waals surface area (Å²) in [5.74, 6) is -1.74. The highest BCUT2D eigenvalue weighted by molar-refractivity contribution is 5.67. The van der Waals surface area contributed by atoms with Gasteiger partial charge in [0.2, 0.25) is 0 Å². The van der Waals surface area contributed by atoms with Crippen LogP contribution < -0.4 is 0 Å². The molecule has 0 saturated carbocycles. The molecule has 0 bridgehead atoms. The molecule has 18 heavy (non-hydrogen) atoms. The predicted octanol–water partition coefficient (Wildman–Crippen LogP) is 2.41. The van der Waals surface area contributed by atoms with Gasteiger partial charge < -0.3 is 10.2 Å². The van der Waals surface area contributed by atoms with Crippen LogP contribution in [0.1, 0.15) is 36.9 Å². The summed E-state index contributed by atoms with van der Waals surface area (Å²) in [5.41, 5.74) is 2.38. The molecule has 0 amide bonds. The monoisotopic (exact) mass is 253 g/mol. The number of carbonyl (C=O) groups is 2. The Morgan fingerprint density at radius 3 is 1.89 bits per heavy atom. The molecule has 5 nitrogen and oxygen atoms in total. The fourth-order valence-corrected chi connectivity index (χ4v) is 1.12. The van der Waals surface area contributed by atoms with Crippen LogP contribution in [0.4, 0.5) is 0 Å². The van der Waals surface area contributed by atoms with Crippen molar-refractivity contribution in [3.8, 4) is 0 Å². The number of aryl methyl sites for hydroxylation is 2. The molecule has 0 fully saturated rings. The molecule has 0 atom stereocenters. The second-order valence-corrected chi connectivity index (χ2v) is 3.90. The summed E-state index contributed by atoms with van der Waals surface area (Å²) in [6.45, 7) is 4.07. The number of carboxylic acid groups (broad SMARTS) is 2. The minimum Gasteiger partial charge on any atom is -0.481 e. The van der Waals surface area contributed by atoms with E-state index >= 15 is 0 Å². The van der Waals surface area contributed by atoms with Crippen LogP contribution in [0.15, 0.2) is 18.3 Å². The number of aliphatic carboxylic acids is 2. The fourth-order valence-electron chi connectivity index (χ4n) is 1.12. The smallest absolute Gasteiger partial charge is 0.303 e. The Bertz CT molecular complexity index is 353. The molecule has 0 aromatic carbocycles. The van der Waals surface area contributed by atoms with Crippen molar-refractivity contribution < 1.29 is 19.8 Å². The highest BCUT2D eigenvalue weighted by Gasteiger charge is 1.99. The number of unbranched alkanes of at least 4 members (excludes halogenated alkanes) is 1. The minimum absolute atomic E-state index is 0.0628. The van der Waals surface area contributed by atoms with E-state index in [9.17, 15) is 9.59 Å². The molecule has 0 spiro atoms. The maximum atomic E-state index is 9.90. The lowest BCUT2D eigenvalue weighted by Crippen LogP contribution is -1.97. The third-order valence-corrected chi connectivity index (χ3v) is 2.30. The van der Waals surface area contributed by atoms with E-state index in [1.807, 2.05) is 19.2 Å². The van der Waals surface area contributed by atoms with E-state index in [4.69, 9.17) is 10.2 Å². The van der Waals surface area contributed by atoms with Crippen LogP contribution in [0, 0.1) is 13.8 Å². The molecule has 1 aromatic heterocycles. The average molecular weight is 253 g/mol. The Balaban J connectivity index is 0.000000327. The van der Waals surface area contributed by atoms with Crippen LogP contribution >= 0.6 is 0 Å². The molecule has 1 rings (SSSR count).